The van der Waals surface area contributed by atoms with Gasteiger partial charge in [0.15, 0.2) is 5.69 Å². The number of carbonyl (C=O) groups is 1. The molecule has 4 rings (SSSR count). The molecule has 1 aromatic rings. The van der Waals surface area contributed by atoms with E-state index in [4.69, 9.17) is 4.52 Å². The lowest BCUT2D eigenvalue weighted by Crippen LogP contribution is -2.53. The van der Waals surface area contributed by atoms with Crippen LogP contribution in [0.5, 0.6) is 0 Å². The Morgan fingerprint density at radius 2 is 1.93 bits per heavy atom. The van der Waals surface area contributed by atoms with Gasteiger partial charge in [-0.1, -0.05) is 5.16 Å². The smallest absolute Gasteiger partial charge is 0.273 e. The van der Waals surface area contributed by atoms with Crippen LogP contribution in [0.4, 0.5) is 0 Å². The maximum atomic E-state index is 12.8. The maximum Gasteiger partial charge on any atom is 0.273 e. The summed E-state index contributed by atoms with van der Waals surface area (Å²) in [7, 11) is 0.651. The third kappa shape index (κ3) is 4.26. The van der Waals surface area contributed by atoms with Crippen LogP contribution in [0, 0.1) is 0 Å². The van der Waals surface area contributed by atoms with Gasteiger partial charge in [-0.25, -0.2) is 8.42 Å². The first-order valence-electron chi connectivity index (χ1n) is 10.3. The summed E-state index contributed by atoms with van der Waals surface area (Å²) < 4.78 is 32.7. The lowest BCUT2D eigenvalue weighted by Gasteiger charge is -2.38. The molecule has 2 bridgehead atoms. The zero-order valence-corrected chi connectivity index (χ0v) is 17.5. The third-order valence-corrected chi connectivity index (χ3v) is 8.11. The Balaban J connectivity index is 1.34. The average Bonchev–Trinajstić information content (AvgIpc) is 3.27. The van der Waals surface area contributed by atoms with E-state index in [0.717, 1.165) is 38.0 Å². The summed E-state index contributed by atoms with van der Waals surface area (Å²) in [6.45, 7) is 0.766. The molecule has 1 aliphatic carbocycles. The highest BCUT2D eigenvalue weighted by molar-refractivity contribution is 7.89. The normalized spacial score (nSPS) is 28.0. The molecule has 3 heterocycles. The Hall–Kier alpha value is -1.45. The van der Waals surface area contributed by atoms with Crippen molar-refractivity contribution >= 4 is 15.9 Å². The summed E-state index contributed by atoms with van der Waals surface area (Å²) >= 11 is 0. The second-order valence-corrected chi connectivity index (χ2v) is 10.7. The van der Waals surface area contributed by atoms with Crippen molar-refractivity contribution < 1.29 is 17.7 Å². The van der Waals surface area contributed by atoms with Gasteiger partial charge in [0.2, 0.25) is 10.0 Å². The van der Waals surface area contributed by atoms with Gasteiger partial charge in [0, 0.05) is 30.1 Å². The monoisotopic (exact) mass is 410 g/mol. The van der Waals surface area contributed by atoms with Crippen LogP contribution in [0.2, 0.25) is 0 Å². The van der Waals surface area contributed by atoms with Crippen molar-refractivity contribution in [3.8, 4) is 0 Å². The van der Waals surface area contributed by atoms with Gasteiger partial charge in [-0.2, -0.15) is 4.31 Å². The fourth-order valence-electron chi connectivity index (χ4n) is 4.59. The third-order valence-electron chi connectivity index (χ3n) is 6.07. The summed E-state index contributed by atoms with van der Waals surface area (Å²) in [6.07, 6.45) is 5.92. The van der Waals surface area contributed by atoms with Crippen molar-refractivity contribution in [1.82, 2.24) is 19.7 Å². The van der Waals surface area contributed by atoms with Crippen LogP contribution in [0.25, 0.3) is 0 Å². The number of hydrogen-bond donors (Lipinski definition) is 1. The van der Waals surface area contributed by atoms with E-state index < -0.39 is 10.0 Å². The summed E-state index contributed by atoms with van der Waals surface area (Å²) in [5.41, 5.74) is 0.327. The molecule has 156 valence electrons. The summed E-state index contributed by atoms with van der Waals surface area (Å²) in [5.74, 6) is 1.19. The Morgan fingerprint density at radius 1 is 1.25 bits per heavy atom. The highest BCUT2D eigenvalue weighted by Crippen LogP contribution is 2.40. The van der Waals surface area contributed by atoms with Crippen LogP contribution in [0.15, 0.2) is 10.6 Å². The van der Waals surface area contributed by atoms with E-state index in [0.29, 0.717) is 30.9 Å². The first-order valence-corrected chi connectivity index (χ1v) is 11.9. The molecule has 1 aromatic heterocycles. The van der Waals surface area contributed by atoms with E-state index in [9.17, 15) is 13.2 Å². The largest absolute Gasteiger partial charge is 0.360 e. The van der Waals surface area contributed by atoms with Gasteiger partial charge in [-0.05, 0) is 65.6 Å². The topological polar surface area (TPSA) is 95.8 Å². The fraction of sp³-hybridized carbons (Fsp3) is 0.789. The first-order chi connectivity index (χ1) is 13.3. The number of aromatic nitrogens is 1. The molecule has 28 heavy (non-hydrogen) atoms. The molecular formula is C19H30N4O4S. The number of amides is 1. The van der Waals surface area contributed by atoms with Gasteiger partial charge in [-0.3, -0.25) is 4.79 Å². The molecule has 3 fully saturated rings. The second-order valence-electron chi connectivity index (χ2n) is 8.72. The predicted molar refractivity (Wildman–Crippen MR) is 105 cm³/mol. The van der Waals surface area contributed by atoms with Crippen molar-refractivity contribution in [3.63, 3.8) is 0 Å². The lowest BCUT2D eigenvalue weighted by molar-refractivity contribution is 0.0900. The van der Waals surface area contributed by atoms with E-state index in [1.807, 2.05) is 19.0 Å². The standard InChI is InChI=1S/C19H30N4O4S/c1-22(2)8-3-9-28(25,26)23-15-6-7-16(23)11-14(10-15)20-19(24)17-12-18(27-21-17)13-4-5-13/h12-16H,3-11H2,1-2H3,(H,20,24)/t14-,15+,16-. The van der Waals surface area contributed by atoms with Crippen molar-refractivity contribution in [2.24, 2.45) is 0 Å². The van der Waals surface area contributed by atoms with Crippen LogP contribution < -0.4 is 5.32 Å². The van der Waals surface area contributed by atoms with Crippen molar-refractivity contribution in [2.45, 2.75) is 69.0 Å². The van der Waals surface area contributed by atoms with Crippen molar-refractivity contribution in [1.29, 1.82) is 0 Å². The van der Waals surface area contributed by atoms with Crippen LogP contribution >= 0.6 is 0 Å². The molecule has 0 aromatic carbocycles. The van der Waals surface area contributed by atoms with Crippen LogP contribution in [0.3, 0.4) is 0 Å². The summed E-state index contributed by atoms with van der Waals surface area (Å²) in [6, 6.07) is 1.71. The quantitative estimate of drug-likeness (QED) is 0.699. The van der Waals surface area contributed by atoms with E-state index in [1.54, 1.807) is 10.4 Å². The molecule has 0 spiro atoms. The molecule has 9 heteroatoms. The van der Waals surface area contributed by atoms with Crippen LogP contribution in [-0.2, 0) is 10.0 Å². The van der Waals surface area contributed by atoms with Crippen LogP contribution in [-0.4, -0.2) is 73.2 Å². The molecule has 0 radical (unpaired) electrons. The Labute approximate surface area is 166 Å². The van der Waals surface area contributed by atoms with E-state index in [-0.39, 0.29) is 29.8 Å². The zero-order chi connectivity index (χ0) is 19.9. The number of nitrogens with one attached hydrogen (secondary N) is 1. The minimum atomic E-state index is -3.25. The number of nitrogens with zero attached hydrogens (tertiary/aromatic N) is 3. The number of sulfonamides is 1. The van der Waals surface area contributed by atoms with Gasteiger partial charge >= 0.3 is 0 Å². The van der Waals surface area contributed by atoms with E-state index in [1.165, 1.54) is 0 Å². The number of rotatable bonds is 8. The van der Waals surface area contributed by atoms with Gasteiger partial charge in [0.05, 0.1) is 5.75 Å². The average molecular weight is 411 g/mol. The highest BCUT2D eigenvalue weighted by atomic mass is 32.2. The van der Waals surface area contributed by atoms with Crippen molar-refractivity contribution in [2.75, 3.05) is 26.4 Å². The Kier molecular flexibility index (Phi) is 5.50. The second kappa shape index (κ2) is 7.76. The number of carbonyl (C=O) groups excluding carboxylic acids is 1. The maximum absolute atomic E-state index is 12.8. The SMILES string of the molecule is CN(C)CCCS(=O)(=O)N1[C@@H]2CC[C@H]1C[C@@H](NC(=O)c1cc(C3CC3)on1)C2. The zero-order valence-electron chi connectivity index (χ0n) is 16.6. The molecule has 8 nitrogen and oxygen atoms in total. The Morgan fingerprint density at radius 3 is 2.54 bits per heavy atom. The predicted octanol–water partition coefficient (Wildman–Crippen LogP) is 1.56. The van der Waals surface area contributed by atoms with Gasteiger partial charge in [0.25, 0.3) is 5.91 Å². The van der Waals surface area contributed by atoms with Crippen molar-refractivity contribution in [3.05, 3.63) is 17.5 Å². The van der Waals surface area contributed by atoms with E-state index >= 15 is 0 Å². The molecule has 1 amide bonds. The molecule has 3 aliphatic rings. The fourth-order valence-corrected chi connectivity index (χ4v) is 6.59. The number of hydrogen-bond acceptors (Lipinski definition) is 6. The first kappa shape index (κ1) is 19.8. The summed E-state index contributed by atoms with van der Waals surface area (Å²) in [4.78, 5) is 14.5. The van der Waals surface area contributed by atoms with Gasteiger partial charge in [0.1, 0.15) is 5.76 Å². The molecule has 0 unspecified atom stereocenters. The minimum absolute atomic E-state index is 0.00672. The molecule has 1 N–H and O–H groups in total. The van der Waals surface area contributed by atoms with Gasteiger partial charge < -0.3 is 14.7 Å². The number of piperidine rings is 1. The molecular weight excluding hydrogens is 380 g/mol. The number of fused-ring (bicyclic) bond motifs is 2. The minimum Gasteiger partial charge on any atom is -0.360 e. The molecule has 3 atom stereocenters. The molecule has 2 aliphatic heterocycles. The van der Waals surface area contributed by atoms with Gasteiger partial charge in [-0.15, -0.1) is 0 Å². The lowest BCUT2D eigenvalue weighted by atomic mass is 9.99. The molecule has 2 saturated heterocycles. The van der Waals surface area contributed by atoms with Crippen LogP contribution in [0.1, 0.15) is 67.1 Å². The summed E-state index contributed by atoms with van der Waals surface area (Å²) in [5, 5.41) is 6.95. The highest BCUT2D eigenvalue weighted by Gasteiger charge is 2.46. The molecule has 1 saturated carbocycles. The Bertz CT molecular complexity index is 804. The van der Waals surface area contributed by atoms with E-state index in [2.05, 4.69) is 10.5 Å².